The summed E-state index contributed by atoms with van der Waals surface area (Å²) in [5.74, 6) is 0.615. The van der Waals surface area contributed by atoms with Crippen molar-refractivity contribution in [2.45, 2.75) is 39.2 Å². The number of anilines is 1. The van der Waals surface area contributed by atoms with Crippen LogP contribution < -0.4 is 5.32 Å². The fraction of sp³-hybridized carbons (Fsp3) is 0.571. The molecule has 0 radical (unpaired) electrons. The number of aryl methyl sites for hydroxylation is 2. The molecule has 18 heavy (non-hydrogen) atoms. The van der Waals surface area contributed by atoms with Gasteiger partial charge in [0.2, 0.25) is 0 Å². The monoisotopic (exact) mass is 267 g/mol. The molecule has 3 nitrogen and oxygen atoms in total. The molecule has 1 aliphatic rings. The van der Waals surface area contributed by atoms with Crippen molar-refractivity contribution in [2.75, 3.05) is 16.8 Å². The number of rotatable bonds is 3. The van der Waals surface area contributed by atoms with Crippen molar-refractivity contribution in [3.8, 4) is 0 Å². The molecular weight excluding hydrogens is 246 g/mol. The van der Waals surface area contributed by atoms with Crippen molar-refractivity contribution in [3.63, 3.8) is 0 Å². The quantitative estimate of drug-likeness (QED) is 0.915. The van der Waals surface area contributed by atoms with E-state index in [-0.39, 0.29) is 11.8 Å². The second kappa shape index (κ2) is 5.31. The molecular formula is C14H21NO2S. The SMILES string of the molecule is CCc1cccc(C)c1NC1CCCS(=O)(=O)C1. The molecule has 1 aromatic rings. The Labute approximate surface area is 110 Å². The zero-order valence-corrected chi connectivity index (χ0v) is 11.9. The summed E-state index contributed by atoms with van der Waals surface area (Å²) in [5, 5.41) is 3.45. The zero-order valence-electron chi connectivity index (χ0n) is 11.1. The summed E-state index contributed by atoms with van der Waals surface area (Å²) in [6.45, 7) is 4.19. The van der Waals surface area contributed by atoms with Gasteiger partial charge < -0.3 is 5.32 Å². The van der Waals surface area contributed by atoms with Gasteiger partial charge in [0.1, 0.15) is 0 Å². The van der Waals surface area contributed by atoms with Crippen LogP contribution >= 0.6 is 0 Å². The van der Waals surface area contributed by atoms with Crippen molar-refractivity contribution < 1.29 is 8.42 Å². The molecule has 1 aromatic carbocycles. The third-order valence-electron chi connectivity index (χ3n) is 3.55. The summed E-state index contributed by atoms with van der Waals surface area (Å²) in [7, 11) is -2.85. The van der Waals surface area contributed by atoms with Crippen molar-refractivity contribution in [3.05, 3.63) is 29.3 Å². The molecule has 1 heterocycles. The Balaban J connectivity index is 2.19. The molecule has 0 saturated carbocycles. The van der Waals surface area contributed by atoms with E-state index in [0.717, 1.165) is 24.9 Å². The maximum absolute atomic E-state index is 11.7. The van der Waals surface area contributed by atoms with Crippen LogP contribution in [0.3, 0.4) is 0 Å². The fourth-order valence-corrected chi connectivity index (χ4v) is 4.21. The summed E-state index contributed by atoms with van der Waals surface area (Å²) in [5.41, 5.74) is 3.58. The summed E-state index contributed by atoms with van der Waals surface area (Å²) in [6.07, 6.45) is 2.67. The van der Waals surface area contributed by atoms with Gasteiger partial charge in [0, 0.05) is 11.7 Å². The van der Waals surface area contributed by atoms with Gasteiger partial charge in [-0.15, -0.1) is 0 Å². The molecule has 1 unspecified atom stereocenters. The molecule has 0 aliphatic carbocycles. The molecule has 1 aliphatic heterocycles. The van der Waals surface area contributed by atoms with E-state index in [1.165, 1.54) is 11.1 Å². The van der Waals surface area contributed by atoms with Crippen molar-refractivity contribution in [1.82, 2.24) is 0 Å². The first-order valence-electron chi connectivity index (χ1n) is 6.57. The van der Waals surface area contributed by atoms with Crippen LogP contribution in [0.15, 0.2) is 18.2 Å². The minimum atomic E-state index is -2.85. The third-order valence-corrected chi connectivity index (χ3v) is 5.37. The van der Waals surface area contributed by atoms with Gasteiger partial charge in [0.15, 0.2) is 9.84 Å². The molecule has 0 spiro atoms. The first kappa shape index (κ1) is 13.4. The van der Waals surface area contributed by atoms with Gasteiger partial charge in [-0.3, -0.25) is 0 Å². The van der Waals surface area contributed by atoms with Crippen molar-refractivity contribution in [1.29, 1.82) is 0 Å². The minimum Gasteiger partial charge on any atom is -0.381 e. The van der Waals surface area contributed by atoms with Crippen LogP contribution in [0.4, 0.5) is 5.69 Å². The van der Waals surface area contributed by atoms with Crippen LogP contribution in [0.2, 0.25) is 0 Å². The summed E-state index contributed by atoms with van der Waals surface area (Å²) in [6, 6.07) is 6.29. The molecule has 0 amide bonds. The maximum atomic E-state index is 11.7. The second-order valence-electron chi connectivity index (χ2n) is 5.06. The van der Waals surface area contributed by atoms with Gasteiger partial charge in [-0.1, -0.05) is 25.1 Å². The molecule has 1 atom stereocenters. The van der Waals surface area contributed by atoms with Crippen LogP contribution in [-0.2, 0) is 16.3 Å². The van der Waals surface area contributed by atoms with E-state index in [1.54, 1.807) is 0 Å². The van der Waals surface area contributed by atoms with Gasteiger partial charge in [-0.05, 0) is 37.3 Å². The van der Waals surface area contributed by atoms with E-state index in [2.05, 4.69) is 37.4 Å². The number of nitrogens with one attached hydrogen (secondary N) is 1. The highest BCUT2D eigenvalue weighted by atomic mass is 32.2. The van der Waals surface area contributed by atoms with Gasteiger partial charge in [-0.2, -0.15) is 0 Å². The van der Waals surface area contributed by atoms with E-state index >= 15 is 0 Å². The Morgan fingerprint density at radius 1 is 1.39 bits per heavy atom. The summed E-state index contributed by atoms with van der Waals surface area (Å²) < 4.78 is 23.3. The van der Waals surface area contributed by atoms with Crippen LogP contribution in [-0.4, -0.2) is 26.0 Å². The maximum Gasteiger partial charge on any atom is 0.152 e. The zero-order chi connectivity index (χ0) is 13.2. The van der Waals surface area contributed by atoms with Crippen LogP contribution in [0, 0.1) is 6.92 Å². The van der Waals surface area contributed by atoms with Crippen molar-refractivity contribution >= 4 is 15.5 Å². The number of benzene rings is 1. The molecule has 2 rings (SSSR count). The lowest BCUT2D eigenvalue weighted by molar-refractivity contribution is 0.562. The lowest BCUT2D eigenvalue weighted by Gasteiger charge is -2.26. The molecule has 1 fully saturated rings. The van der Waals surface area contributed by atoms with E-state index in [1.807, 2.05) is 0 Å². The lowest BCUT2D eigenvalue weighted by Crippen LogP contribution is -2.35. The second-order valence-corrected chi connectivity index (χ2v) is 7.29. The van der Waals surface area contributed by atoms with Gasteiger partial charge in [0.25, 0.3) is 0 Å². The van der Waals surface area contributed by atoms with E-state index in [4.69, 9.17) is 0 Å². The van der Waals surface area contributed by atoms with E-state index in [0.29, 0.717) is 5.75 Å². The normalized spacial score (nSPS) is 22.7. The average Bonchev–Trinajstić information content (AvgIpc) is 2.30. The molecule has 4 heteroatoms. The Morgan fingerprint density at radius 3 is 2.83 bits per heavy atom. The molecule has 1 saturated heterocycles. The Hall–Kier alpha value is -1.03. The van der Waals surface area contributed by atoms with Gasteiger partial charge >= 0.3 is 0 Å². The summed E-state index contributed by atoms with van der Waals surface area (Å²) >= 11 is 0. The molecule has 0 aromatic heterocycles. The highest BCUT2D eigenvalue weighted by molar-refractivity contribution is 7.91. The number of sulfone groups is 1. The Bertz CT molecular complexity index is 523. The van der Waals surface area contributed by atoms with Crippen molar-refractivity contribution in [2.24, 2.45) is 0 Å². The minimum absolute atomic E-state index is 0.0650. The average molecular weight is 267 g/mol. The van der Waals surface area contributed by atoms with Gasteiger partial charge in [-0.25, -0.2) is 8.42 Å². The highest BCUT2D eigenvalue weighted by Gasteiger charge is 2.25. The van der Waals surface area contributed by atoms with Gasteiger partial charge in [0.05, 0.1) is 11.5 Å². The van der Waals surface area contributed by atoms with Crippen LogP contribution in [0.5, 0.6) is 0 Å². The number of hydrogen-bond acceptors (Lipinski definition) is 3. The highest BCUT2D eigenvalue weighted by Crippen LogP contribution is 2.24. The molecule has 1 N–H and O–H groups in total. The summed E-state index contributed by atoms with van der Waals surface area (Å²) in [4.78, 5) is 0. The number of para-hydroxylation sites is 1. The topological polar surface area (TPSA) is 46.2 Å². The predicted octanol–water partition coefficient (Wildman–Crippen LogP) is 2.55. The van der Waals surface area contributed by atoms with E-state index in [9.17, 15) is 8.42 Å². The first-order chi connectivity index (χ1) is 8.52. The lowest BCUT2D eigenvalue weighted by atomic mass is 10.0. The van der Waals surface area contributed by atoms with E-state index < -0.39 is 9.84 Å². The smallest absolute Gasteiger partial charge is 0.152 e. The Morgan fingerprint density at radius 2 is 2.17 bits per heavy atom. The molecule has 100 valence electrons. The first-order valence-corrected chi connectivity index (χ1v) is 8.39. The largest absolute Gasteiger partial charge is 0.381 e. The third kappa shape index (κ3) is 3.05. The fourth-order valence-electron chi connectivity index (χ4n) is 2.57. The predicted molar refractivity (Wildman–Crippen MR) is 75.9 cm³/mol. The number of hydrogen-bond donors (Lipinski definition) is 1. The molecule has 0 bridgehead atoms. The van der Waals surface area contributed by atoms with Crippen LogP contribution in [0.1, 0.15) is 30.9 Å². The Kier molecular flexibility index (Phi) is 3.95. The van der Waals surface area contributed by atoms with Crippen LogP contribution in [0.25, 0.3) is 0 Å². The standard InChI is InChI=1S/C14H21NO2S/c1-3-12-7-4-6-11(2)14(12)15-13-8-5-9-18(16,17)10-13/h4,6-7,13,15H,3,5,8-10H2,1-2H3.